The van der Waals surface area contributed by atoms with Crippen molar-refractivity contribution in [2.24, 2.45) is 0 Å². The number of furan rings is 1. The lowest BCUT2D eigenvalue weighted by Crippen LogP contribution is -2.39. The number of nitrogens with zero attached hydrogens (tertiary/aromatic N) is 1. The van der Waals surface area contributed by atoms with Gasteiger partial charge in [-0.25, -0.2) is 4.39 Å². The summed E-state index contributed by atoms with van der Waals surface area (Å²) in [6.45, 7) is 2.49. The zero-order valence-corrected chi connectivity index (χ0v) is 7.99. The van der Waals surface area contributed by atoms with Crippen LogP contribution in [-0.2, 0) is 4.74 Å². The molecule has 1 aliphatic heterocycles. The minimum absolute atomic E-state index is 0.242. The number of hydrogen-bond acceptors (Lipinski definition) is 3. The Hall–Kier alpha value is -0.870. The third-order valence-electron chi connectivity index (χ3n) is 2.50. The van der Waals surface area contributed by atoms with Crippen LogP contribution in [-0.4, -0.2) is 37.9 Å². The molecule has 0 saturated carbocycles. The van der Waals surface area contributed by atoms with Gasteiger partial charge in [-0.2, -0.15) is 0 Å². The molecule has 0 N–H and O–H groups in total. The van der Waals surface area contributed by atoms with Crippen molar-refractivity contribution in [1.82, 2.24) is 4.90 Å². The average molecular weight is 199 g/mol. The molecule has 0 unspecified atom stereocenters. The summed E-state index contributed by atoms with van der Waals surface area (Å²) in [5.41, 5.74) is 0. The van der Waals surface area contributed by atoms with Gasteiger partial charge in [-0.3, -0.25) is 4.90 Å². The van der Waals surface area contributed by atoms with E-state index in [1.807, 2.05) is 6.07 Å². The summed E-state index contributed by atoms with van der Waals surface area (Å²) >= 11 is 0. The van der Waals surface area contributed by atoms with Gasteiger partial charge in [0.25, 0.3) is 0 Å². The molecule has 1 aromatic rings. The second-order valence-corrected chi connectivity index (χ2v) is 3.33. The summed E-state index contributed by atoms with van der Waals surface area (Å²) in [5, 5.41) is 0. The van der Waals surface area contributed by atoms with Crippen LogP contribution in [0.3, 0.4) is 0 Å². The van der Waals surface area contributed by atoms with E-state index in [1.54, 1.807) is 12.3 Å². The van der Waals surface area contributed by atoms with Crippen LogP contribution in [0.5, 0.6) is 0 Å². The first-order chi connectivity index (χ1) is 6.92. The predicted octanol–water partition coefficient (Wildman–Crippen LogP) is 1.62. The molecule has 0 aromatic carbocycles. The van der Waals surface area contributed by atoms with E-state index in [2.05, 4.69) is 4.90 Å². The van der Waals surface area contributed by atoms with Crippen LogP contribution < -0.4 is 0 Å². The van der Waals surface area contributed by atoms with Crippen LogP contribution in [0.25, 0.3) is 0 Å². The Bertz CT molecular complexity index is 257. The summed E-state index contributed by atoms with van der Waals surface area (Å²) < 4.78 is 23.3. The van der Waals surface area contributed by atoms with Crippen LogP contribution in [0.4, 0.5) is 4.39 Å². The van der Waals surface area contributed by atoms with Crippen molar-refractivity contribution in [3.63, 3.8) is 0 Å². The van der Waals surface area contributed by atoms with Crippen molar-refractivity contribution in [3.8, 4) is 0 Å². The molecular weight excluding hydrogens is 185 g/mol. The quantitative estimate of drug-likeness (QED) is 0.739. The van der Waals surface area contributed by atoms with Gasteiger partial charge in [0.1, 0.15) is 12.4 Å². The molecule has 1 aromatic heterocycles. The molecule has 0 amide bonds. The monoisotopic (exact) mass is 199 g/mol. The van der Waals surface area contributed by atoms with Crippen LogP contribution in [0.2, 0.25) is 0 Å². The highest BCUT2D eigenvalue weighted by atomic mass is 19.1. The van der Waals surface area contributed by atoms with Crippen LogP contribution >= 0.6 is 0 Å². The van der Waals surface area contributed by atoms with Gasteiger partial charge in [-0.15, -0.1) is 0 Å². The molecule has 1 aliphatic rings. The summed E-state index contributed by atoms with van der Waals surface area (Å²) in [4.78, 5) is 2.06. The van der Waals surface area contributed by atoms with E-state index in [1.165, 1.54) is 0 Å². The summed E-state index contributed by atoms with van der Waals surface area (Å²) in [6, 6.07) is 3.37. The third kappa shape index (κ3) is 1.96. The molecule has 1 atom stereocenters. The van der Waals surface area contributed by atoms with E-state index in [9.17, 15) is 4.39 Å². The van der Waals surface area contributed by atoms with E-state index in [-0.39, 0.29) is 6.04 Å². The van der Waals surface area contributed by atoms with Gasteiger partial charge in [0, 0.05) is 13.1 Å². The van der Waals surface area contributed by atoms with Crippen LogP contribution in [0.15, 0.2) is 22.8 Å². The minimum Gasteiger partial charge on any atom is -0.468 e. The van der Waals surface area contributed by atoms with Crippen molar-refractivity contribution < 1.29 is 13.5 Å². The highest BCUT2D eigenvalue weighted by molar-refractivity contribution is 5.05. The van der Waals surface area contributed by atoms with E-state index >= 15 is 0 Å². The van der Waals surface area contributed by atoms with Crippen molar-refractivity contribution in [2.45, 2.75) is 6.04 Å². The molecule has 78 valence electrons. The van der Waals surface area contributed by atoms with Gasteiger partial charge in [-0.1, -0.05) is 0 Å². The van der Waals surface area contributed by atoms with Crippen LogP contribution in [0, 0.1) is 0 Å². The van der Waals surface area contributed by atoms with Gasteiger partial charge in [-0.05, 0) is 12.1 Å². The molecule has 2 heterocycles. The predicted molar refractivity (Wildman–Crippen MR) is 49.8 cm³/mol. The first kappa shape index (κ1) is 9.68. The normalized spacial score (nSPS) is 20.9. The Morgan fingerprint density at radius 2 is 2.21 bits per heavy atom. The zero-order valence-electron chi connectivity index (χ0n) is 7.99. The molecular formula is C10H14FNO2. The molecule has 14 heavy (non-hydrogen) atoms. The summed E-state index contributed by atoms with van der Waals surface area (Å²) in [5.74, 6) is 0.703. The van der Waals surface area contributed by atoms with E-state index in [4.69, 9.17) is 9.15 Å². The molecule has 3 nitrogen and oxygen atoms in total. The fraction of sp³-hybridized carbons (Fsp3) is 0.600. The number of morpholine rings is 1. The van der Waals surface area contributed by atoms with E-state index in [0.717, 1.165) is 13.1 Å². The second kappa shape index (κ2) is 4.57. The molecule has 0 spiro atoms. The highest BCUT2D eigenvalue weighted by Gasteiger charge is 2.24. The first-order valence-electron chi connectivity index (χ1n) is 4.83. The lowest BCUT2D eigenvalue weighted by Gasteiger charge is -2.31. The van der Waals surface area contributed by atoms with Gasteiger partial charge < -0.3 is 9.15 Å². The Balaban J connectivity index is 2.04. The van der Waals surface area contributed by atoms with Crippen molar-refractivity contribution >= 4 is 0 Å². The Morgan fingerprint density at radius 3 is 2.79 bits per heavy atom. The number of ether oxygens (including phenoxy) is 1. The SMILES string of the molecule is FC[C@@H](c1ccco1)N1CCOCC1. The second-order valence-electron chi connectivity index (χ2n) is 3.33. The third-order valence-corrected chi connectivity index (χ3v) is 2.50. The van der Waals surface area contributed by atoms with Gasteiger partial charge in [0.05, 0.1) is 25.5 Å². The topological polar surface area (TPSA) is 25.6 Å². The fourth-order valence-corrected chi connectivity index (χ4v) is 1.72. The lowest BCUT2D eigenvalue weighted by atomic mass is 10.2. The average Bonchev–Trinajstić information content (AvgIpc) is 2.74. The van der Waals surface area contributed by atoms with Crippen LogP contribution in [0.1, 0.15) is 11.8 Å². The van der Waals surface area contributed by atoms with Gasteiger partial charge in [0.15, 0.2) is 0 Å². The summed E-state index contributed by atoms with van der Waals surface area (Å²) in [7, 11) is 0. The van der Waals surface area contributed by atoms with Gasteiger partial charge in [0.2, 0.25) is 0 Å². The molecule has 0 radical (unpaired) electrons. The molecule has 0 bridgehead atoms. The lowest BCUT2D eigenvalue weighted by molar-refractivity contribution is 0.00590. The fourth-order valence-electron chi connectivity index (χ4n) is 1.72. The maximum Gasteiger partial charge on any atom is 0.123 e. The maximum atomic E-state index is 12.9. The van der Waals surface area contributed by atoms with Crippen molar-refractivity contribution in [3.05, 3.63) is 24.2 Å². The summed E-state index contributed by atoms with van der Waals surface area (Å²) in [6.07, 6.45) is 1.58. The Kier molecular flexibility index (Phi) is 3.16. The minimum atomic E-state index is -0.409. The van der Waals surface area contributed by atoms with Crippen molar-refractivity contribution in [2.75, 3.05) is 33.0 Å². The Morgan fingerprint density at radius 1 is 1.43 bits per heavy atom. The standard InChI is InChI=1S/C10H14FNO2/c11-8-9(10-2-1-5-14-10)12-3-6-13-7-4-12/h1-2,5,9H,3-4,6-8H2/t9-/m0/s1. The zero-order chi connectivity index (χ0) is 9.80. The van der Waals surface area contributed by atoms with Gasteiger partial charge >= 0.3 is 0 Å². The highest BCUT2D eigenvalue weighted by Crippen LogP contribution is 2.22. The molecule has 1 saturated heterocycles. The molecule has 0 aliphatic carbocycles. The number of halogens is 1. The van der Waals surface area contributed by atoms with E-state index in [0.29, 0.717) is 19.0 Å². The smallest absolute Gasteiger partial charge is 0.123 e. The number of rotatable bonds is 3. The maximum absolute atomic E-state index is 12.9. The van der Waals surface area contributed by atoms with E-state index < -0.39 is 6.67 Å². The largest absolute Gasteiger partial charge is 0.468 e. The van der Waals surface area contributed by atoms with Crippen molar-refractivity contribution in [1.29, 1.82) is 0 Å². The molecule has 1 fully saturated rings. The molecule has 2 rings (SSSR count). The number of hydrogen-bond donors (Lipinski definition) is 0. The Labute approximate surface area is 82.4 Å². The first-order valence-corrected chi connectivity index (χ1v) is 4.83. The number of alkyl halides is 1. The molecule has 4 heteroatoms.